The van der Waals surface area contributed by atoms with Gasteiger partial charge in [-0.05, 0) is 96.2 Å². The number of nitrogens with zero attached hydrogens (tertiary/aromatic N) is 1. The van der Waals surface area contributed by atoms with Crippen molar-refractivity contribution in [1.82, 2.24) is 4.90 Å². The predicted octanol–water partition coefficient (Wildman–Crippen LogP) is 14.5. The standard InChI is InChI=1S/C50H97NO6/c1-6-11-15-19-21-27-36-46(34-25-17-13-8-3)44-56-49(53)38-29-23-31-41-51(43-33-40-48(52)55-10-5)42-32-24-30-39-50(54)57-45-47(35-26-18-14-9-4)37-28-22-20-16-12-7-2/h46-47H,6-45H2,1-5H3. The number of rotatable bonds is 45. The number of unbranched alkanes of at least 4 members (excludes halogenated alkanes) is 20. The number of esters is 3. The maximum Gasteiger partial charge on any atom is 0.305 e. The zero-order chi connectivity index (χ0) is 41.9. The molecule has 0 aromatic carbocycles. The third-order valence-electron chi connectivity index (χ3n) is 11.7. The van der Waals surface area contributed by atoms with E-state index in [1.165, 1.54) is 154 Å². The molecule has 0 aromatic heterocycles. The summed E-state index contributed by atoms with van der Waals surface area (Å²) in [5.41, 5.74) is 0. The minimum Gasteiger partial charge on any atom is -0.466 e. The Morgan fingerprint density at radius 2 is 0.649 bits per heavy atom. The molecule has 0 aromatic rings. The molecule has 0 aliphatic rings. The van der Waals surface area contributed by atoms with Crippen molar-refractivity contribution in [3.63, 3.8) is 0 Å². The van der Waals surface area contributed by atoms with Gasteiger partial charge >= 0.3 is 17.9 Å². The van der Waals surface area contributed by atoms with Crippen LogP contribution in [0.3, 0.4) is 0 Å². The van der Waals surface area contributed by atoms with Gasteiger partial charge in [-0.1, -0.05) is 169 Å². The van der Waals surface area contributed by atoms with Gasteiger partial charge in [0, 0.05) is 19.3 Å². The van der Waals surface area contributed by atoms with Gasteiger partial charge in [0.25, 0.3) is 0 Å². The maximum atomic E-state index is 12.7. The van der Waals surface area contributed by atoms with Crippen LogP contribution in [0.4, 0.5) is 0 Å². The van der Waals surface area contributed by atoms with Crippen LogP contribution in [0.1, 0.15) is 253 Å². The molecule has 0 spiro atoms. The van der Waals surface area contributed by atoms with Crippen LogP contribution in [0, 0.1) is 11.8 Å². The molecule has 0 heterocycles. The summed E-state index contributed by atoms with van der Waals surface area (Å²) in [6, 6.07) is 0. The summed E-state index contributed by atoms with van der Waals surface area (Å²) in [6.07, 6.45) is 38.5. The number of hydrogen-bond donors (Lipinski definition) is 0. The van der Waals surface area contributed by atoms with Gasteiger partial charge in [0.1, 0.15) is 0 Å². The summed E-state index contributed by atoms with van der Waals surface area (Å²) in [5, 5.41) is 0. The van der Waals surface area contributed by atoms with E-state index < -0.39 is 0 Å². The highest BCUT2D eigenvalue weighted by Crippen LogP contribution is 2.21. The minimum atomic E-state index is -0.125. The highest BCUT2D eigenvalue weighted by Gasteiger charge is 2.15. The van der Waals surface area contributed by atoms with Crippen LogP contribution < -0.4 is 0 Å². The number of carbonyl (C=O) groups excluding carboxylic acids is 3. The van der Waals surface area contributed by atoms with Crippen LogP contribution in [-0.2, 0) is 28.6 Å². The van der Waals surface area contributed by atoms with Crippen molar-refractivity contribution in [3.05, 3.63) is 0 Å². The minimum absolute atomic E-state index is 0.0402. The summed E-state index contributed by atoms with van der Waals surface area (Å²) in [6.45, 7) is 15.3. The van der Waals surface area contributed by atoms with Gasteiger partial charge < -0.3 is 19.1 Å². The predicted molar refractivity (Wildman–Crippen MR) is 242 cm³/mol. The lowest BCUT2D eigenvalue weighted by Gasteiger charge is -2.22. The monoisotopic (exact) mass is 808 g/mol. The molecular weight excluding hydrogens is 711 g/mol. The lowest BCUT2D eigenvalue weighted by molar-refractivity contribution is -0.146. The largest absolute Gasteiger partial charge is 0.466 e. The number of ether oxygens (including phenoxy) is 3. The Morgan fingerprint density at radius 1 is 0.351 bits per heavy atom. The maximum absolute atomic E-state index is 12.7. The second kappa shape index (κ2) is 43.9. The van der Waals surface area contributed by atoms with Crippen LogP contribution in [-0.4, -0.2) is 62.3 Å². The normalized spacial score (nSPS) is 12.5. The van der Waals surface area contributed by atoms with Crippen LogP contribution >= 0.6 is 0 Å². The van der Waals surface area contributed by atoms with Crippen molar-refractivity contribution in [2.45, 2.75) is 253 Å². The van der Waals surface area contributed by atoms with Crippen molar-refractivity contribution in [2.24, 2.45) is 11.8 Å². The molecule has 2 unspecified atom stereocenters. The van der Waals surface area contributed by atoms with E-state index in [-0.39, 0.29) is 17.9 Å². The molecule has 0 aliphatic heterocycles. The average molecular weight is 808 g/mol. The highest BCUT2D eigenvalue weighted by molar-refractivity contribution is 5.69. The summed E-state index contributed by atoms with van der Waals surface area (Å²) in [4.78, 5) is 39.8. The van der Waals surface area contributed by atoms with Gasteiger partial charge in [0.05, 0.1) is 19.8 Å². The molecule has 2 atom stereocenters. The fraction of sp³-hybridized carbons (Fsp3) is 0.940. The van der Waals surface area contributed by atoms with Gasteiger partial charge in [-0.15, -0.1) is 0 Å². The van der Waals surface area contributed by atoms with Gasteiger partial charge in [0.15, 0.2) is 0 Å². The van der Waals surface area contributed by atoms with Crippen molar-refractivity contribution in [3.8, 4) is 0 Å². The van der Waals surface area contributed by atoms with Crippen LogP contribution in [0.25, 0.3) is 0 Å². The molecule has 57 heavy (non-hydrogen) atoms. The van der Waals surface area contributed by atoms with Gasteiger partial charge in [-0.3, -0.25) is 14.4 Å². The van der Waals surface area contributed by atoms with Gasteiger partial charge in [-0.2, -0.15) is 0 Å². The van der Waals surface area contributed by atoms with Crippen molar-refractivity contribution in [2.75, 3.05) is 39.5 Å². The molecule has 0 aliphatic carbocycles. The summed E-state index contributed by atoms with van der Waals surface area (Å²) >= 11 is 0. The van der Waals surface area contributed by atoms with E-state index in [4.69, 9.17) is 14.2 Å². The Bertz CT molecular complexity index is 823. The summed E-state index contributed by atoms with van der Waals surface area (Å²) in [7, 11) is 0. The third kappa shape index (κ3) is 39.6. The second-order valence-corrected chi connectivity index (χ2v) is 17.3. The van der Waals surface area contributed by atoms with E-state index in [9.17, 15) is 14.4 Å². The van der Waals surface area contributed by atoms with E-state index in [0.717, 1.165) is 64.6 Å². The Morgan fingerprint density at radius 3 is 1.04 bits per heavy atom. The number of carbonyl (C=O) groups is 3. The topological polar surface area (TPSA) is 82.1 Å². The smallest absolute Gasteiger partial charge is 0.305 e. The van der Waals surface area contributed by atoms with Crippen molar-refractivity contribution in [1.29, 1.82) is 0 Å². The fourth-order valence-electron chi connectivity index (χ4n) is 7.91. The van der Waals surface area contributed by atoms with E-state index in [1.54, 1.807) is 0 Å². The number of hydrogen-bond acceptors (Lipinski definition) is 7. The third-order valence-corrected chi connectivity index (χ3v) is 11.7. The zero-order valence-corrected chi connectivity index (χ0v) is 38.8. The van der Waals surface area contributed by atoms with E-state index in [0.29, 0.717) is 50.9 Å². The molecule has 7 heteroatoms. The first-order chi connectivity index (χ1) is 27.9. The zero-order valence-electron chi connectivity index (χ0n) is 38.8. The molecule has 0 saturated carbocycles. The molecule has 7 nitrogen and oxygen atoms in total. The van der Waals surface area contributed by atoms with E-state index in [1.807, 2.05) is 6.92 Å². The van der Waals surface area contributed by atoms with E-state index >= 15 is 0 Å². The summed E-state index contributed by atoms with van der Waals surface area (Å²) in [5.74, 6) is 0.800. The molecule has 0 amide bonds. The molecule has 0 radical (unpaired) electrons. The molecular formula is C50H97NO6. The van der Waals surface area contributed by atoms with Crippen LogP contribution in [0.2, 0.25) is 0 Å². The molecule has 0 bridgehead atoms. The Kier molecular flexibility index (Phi) is 42.7. The molecule has 338 valence electrons. The van der Waals surface area contributed by atoms with Crippen LogP contribution in [0.15, 0.2) is 0 Å². The lowest BCUT2D eigenvalue weighted by atomic mass is 9.95. The first kappa shape index (κ1) is 55.4. The quantitative estimate of drug-likeness (QED) is 0.0344. The highest BCUT2D eigenvalue weighted by atomic mass is 16.5. The van der Waals surface area contributed by atoms with Crippen molar-refractivity contribution < 1.29 is 28.6 Å². The fourth-order valence-corrected chi connectivity index (χ4v) is 7.91. The second-order valence-electron chi connectivity index (χ2n) is 17.3. The SMILES string of the molecule is CCCCCCCCC(CCCCCC)COC(=O)CCCCCN(CCCCCC(=O)OCC(CCCCCC)CCCCCCCC)CCCC(=O)OCC. The Hall–Kier alpha value is -1.63. The van der Waals surface area contributed by atoms with Gasteiger partial charge in [-0.25, -0.2) is 0 Å². The Labute approximate surface area is 354 Å². The lowest BCUT2D eigenvalue weighted by Crippen LogP contribution is -2.28. The summed E-state index contributed by atoms with van der Waals surface area (Å²) < 4.78 is 16.8. The Balaban J connectivity index is 4.60. The first-order valence-corrected chi connectivity index (χ1v) is 25.1. The molecule has 0 fully saturated rings. The average Bonchev–Trinajstić information content (AvgIpc) is 3.20. The van der Waals surface area contributed by atoms with E-state index in [2.05, 4.69) is 32.6 Å². The van der Waals surface area contributed by atoms with Gasteiger partial charge in [0.2, 0.25) is 0 Å². The van der Waals surface area contributed by atoms with Crippen LogP contribution in [0.5, 0.6) is 0 Å². The first-order valence-electron chi connectivity index (χ1n) is 25.1. The molecule has 0 N–H and O–H groups in total. The van der Waals surface area contributed by atoms with Crippen molar-refractivity contribution >= 4 is 17.9 Å². The molecule has 0 rings (SSSR count). The molecule has 0 saturated heterocycles.